The molecule has 1 saturated heterocycles. The van der Waals surface area contributed by atoms with Gasteiger partial charge in [0.2, 0.25) is 0 Å². The first-order chi connectivity index (χ1) is 14.2. The Morgan fingerprint density at radius 2 is 1.55 bits per heavy atom. The third kappa shape index (κ3) is 4.52. The van der Waals surface area contributed by atoms with Gasteiger partial charge in [0.15, 0.2) is 0 Å². The van der Waals surface area contributed by atoms with Crippen LogP contribution in [0.3, 0.4) is 0 Å². The predicted molar refractivity (Wildman–Crippen MR) is 117 cm³/mol. The zero-order valence-corrected chi connectivity index (χ0v) is 17.0. The van der Waals surface area contributed by atoms with E-state index in [-0.39, 0.29) is 5.82 Å². The summed E-state index contributed by atoms with van der Waals surface area (Å²) in [5.74, 6) is -0.259. The van der Waals surface area contributed by atoms with Crippen LogP contribution in [0.15, 0.2) is 66.7 Å². The van der Waals surface area contributed by atoms with Crippen LogP contribution >= 0.6 is 0 Å². The van der Waals surface area contributed by atoms with Gasteiger partial charge >= 0.3 is 0 Å². The molecule has 0 radical (unpaired) electrons. The van der Waals surface area contributed by atoms with Gasteiger partial charge in [-0.2, -0.15) is 0 Å². The third-order valence-corrected chi connectivity index (χ3v) is 6.29. The molecule has 1 aliphatic heterocycles. The lowest BCUT2D eigenvalue weighted by atomic mass is 9.91. The molecule has 0 amide bonds. The molecule has 152 valence electrons. The van der Waals surface area contributed by atoms with Crippen LogP contribution in [-0.4, -0.2) is 23.1 Å². The van der Waals surface area contributed by atoms with Gasteiger partial charge in [-0.3, -0.25) is 4.90 Å². The normalized spacial score (nSPS) is 17.3. The van der Waals surface area contributed by atoms with Gasteiger partial charge in [0, 0.05) is 13.1 Å². The molecule has 0 saturated carbocycles. The Bertz CT molecular complexity index is 928. The van der Waals surface area contributed by atoms with Crippen molar-refractivity contribution in [2.45, 2.75) is 50.7 Å². The summed E-state index contributed by atoms with van der Waals surface area (Å²) in [5.41, 5.74) is 1.17. The van der Waals surface area contributed by atoms with Gasteiger partial charge in [0.05, 0.1) is 0 Å². The summed E-state index contributed by atoms with van der Waals surface area (Å²) in [4.78, 5) is 2.20. The Hall–Kier alpha value is -2.23. The zero-order valence-electron chi connectivity index (χ0n) is 17.0. The first kappa shape index (κ1) is 20.1. The number of benzene rings is 3. The van der Waals surface area contributed by atoms with E-state index in [1.165, 1.54) is 34.9 Å². The summed E-state index contributed by atoms with van der Waals surface area (Å²) >= 11 is 0. The van der Waals surface area contributed by atoms with E-state index in [0.717, 1.165) is 50.8 Å². The summed E-state index contributed by atoms with van der Waals surface area (Å²) in [6, 6.07) is 21.4. The average Bonchev–Trinajstić information content (AvgIpc) is 2.77. The fourth-order valence-corrected chi connectivity index (χ4v) is 4.66. The van der Waals surface area contributed by atoms with Gasteiger partial charge < -0.3 is 5.11 Å². The van der Waals surface area contributed by atoms with Gasteiger partial charge in [-0.05, 0) is 72.6 Å². The van der Waals surface area contributed by atoms with Gasteiger partial charge in [-0.25, -0.2) is 4.39 Å². The second-order valence-corrected chi connectivity index (χ2v) is 8.22. The number of halogens is 1. The highest BCUT2D eigenvalue weighted by atomic mass is 19.1. The molecule has 3 aromatic carbocycles. The van der Waals surface area contributed by atoms with Crippen LogP contribution in [0.25, 0.3) is 10.8 Å². The summed E-state index contributed by atoms with van der Waals surface area (Å²) in [6.45, 7) is 1.80. The lowest BCUT2D eigenvalue weighted by molar-refractivity contribution is -0.131. The molecular weight excluding hydrogens is 361 g/mol. The van der Waals surface area contributed by atoms with Crippen LogP contribution in [0.5, 0.6) is 0 Å². The molecule has 1 atom stereocenters. The summed E-state index contributed by atoms with van der Waals surface area (Å²) < 4.78 is 13.4. The van der Waals surface area contributed by atoms with Gasteiger partial charge in [-0.1, -0.05) is 61.0 Å². The van der Waals surface area contributed by atoms with E-state index in [1.807, 2.05) is 0 Å². The minimum absolute atomic E-state index is 0.259. The molecule has 4 rings (SSSR count). The predicted octanol–water partition coefficient (Wildman–Crippen LogP) is 6.02. The average molecular weight is 392 g/mol. The van der Waals surface area contributed by atoms with Gasteiger partial charge in [0.1, 0.15) is 11.5 Å². The van der Waals surface area contributed by atoms with Crippen molar-refractivity contribution in [2.24, 2.45) is 0 Å². The number of piperidine rings is 1. The molecule has 0 spiro atoms. The Morgan fingerprint density at radius 3 is 2.34 bits per heavy atom. The van der Waals surface area contributed by atoms with Crippen LogP contribution in [0, 0.1) is 5.82 Å². The number of hydrogen-bond donors (Lipinski definition) is 1. The van der Waals surface area contributed by atoms with Crippen molar-refractivity contribution in [1.29, 1.82) is 0 Å². The van der Waals surface area contributed by atoms with Crippen molar-refractivity contribution in [3.63, 3.8) is 0 Å². The van der Waals surface area contributed by atoms with E-state index in [2.05, 4.69) is 47.4 Å². The Balaban J connectivity index is 1.46. The molecule has 1 heterocycles. The van der Waals surface area contributed by atoms with Crippen LogP contribution in [0.1, 0.15) is 49.7 Å². The SMILES string of the molecule is OC(CCCCc1cccc2ccccc12)(c1ccc(F)cc1)N1CCCCC1. The number of unbranched alkanes of at least 4 members (excludes halogenated alkanes) is 1. The number of aliphatic hydroxyl groups is 1. The van der Waals surface area contributed by atoms with Crippen molar-refractivity contribution in [3.8, 4) is 0 Å². The second-order valence-electron chi connectivity index (χ2n) is 8.22. The first-order valence-corrected chi connectivity index (χ1v) is 10.9. The zero-order chi connectivity index (χ0) is 20.1. The molecule has 29 heavy (non-hydrogen) atoms. The Morgan fingerprint density at radius 1 is 0.828 bits per heavy atom. The van der Waals surface area contributed by atoms with Crippen LogP contribution in [0.4, 0.5) is 4.39 Å². The maximum Gasteiger partial charge on any atom is 0.144 e. The molecule has 3 heteroatoms. The first-order valence-electron chi connectivity index (χ1n) is 10.9. The highest BCUT2D eigenvalue weighted by Crippen LogP contribution is 2.34. The lowest BCUT2D eigenvalue weighted by Crippen LogP contribution is -2.48. The van der Waals surface area contributed by atoms with E-state index in [0.29, 0.717) is 6.42 Å². The Kier molecular flexibility index (Phi) is 6.27. The summed E-state index contributed by atoms with van der Waals surface area (Å²) in [5, 5.41) is 14.3. The minimum Gasteiger partial charge on any atom is -0.371 e. The molecule has 1 aliphatic rings. The van der Waals surface area contributed by atoms with E-state index >= 15 is 0 Å². The lowest BCUT2D eigenvalue weighted by Gasteiger charge is -2.42. The third-order valence-electron chi connectivity index (χ3n) is 6.29. The molecule has 1 unspecified atom stereocenters. The second kappa shape index (κ2) is 9.06. The van der Waals surface area contributed by atoms with Crippen LogP contribution in [0.2, 0.25) is 0 Å². The van der Waals surface area contributed by atoms with Gasteiger partial charge in [0.25, 0.3) is 0 Å². The molecule has 0 bridgehead atoms. The molecule has 0 aromatic heterocycles. The van der Waals surface area contributed by atoms with Crippen LogP contribution < -0.4 is 0 Å². The maximum absolute atomic E-state index is 13.4. The van der Waals surface area contributed by atoms with E-state index < -0.39 is 5.72 Å². The standard InChI is InChI=1S/C26H30FNO/c27-24-16-14-23(15-17-24)26(29,28-19-6-1-7-20-28)18-5-4-10-22-12-8-11-21-9-2-3-13-25(21)22/h2-3,8-9,11-17,29H,1,4-7,10,18-20H2. The van der Waals surface area contributed by atoms with Crippen LogP contribution in [-0.2, 0) is 12.1 Å². The number of fused-ring (bicyclic) bond motifs is 1. The fraction of sp³-hybridized carbons (Fsp3) is 0.385. The monoisotopic (exact) mass is 391 g/mol. The fourth-order valence-electron chi connectivity index (χ4n) is 4.66. The van der Waals surface area contributed by atoms with Crippen molar-refractivity contribution in [3.05, 3.63) is 83.7 Å². The summed E-state index contributed by atoms with van der Waals surface area (Å²) in [6.07, 6.45) is 7.05. The smallest absolute Gasteiger partial charge is 0.144 e. The quantitative estimate of drug-likeness (QED) is 0.498. The van der Waals surface area contributed by atoms with E-state index in [9.17, 15) is 9.50 Å². The number of likely N-dealkylation sites (tertiary alicyclic amines) is 1. The van der Waals surface area contributed by atoms with Crippen molar-refractivity contribution in [2.75, 3.05) is 13.1 Å². The number of nitrogens with zero attached hydrogens (tertiary/aromatic N) is 1. The minimum atomic E-state index is -1.01. The molecule has 1 fully saturated rings. The molecule has 2 nitrogen and oxygen atoms in total. The number of hydrogen-bond acceptors (Lipinski definition) is 2. The van der Waals surface area contributed by atoms with Crippen molar-refractivity contribution in [1.82, 2.24) is 4.90 Å². The topological polar surface area (TPSA) is 23.5 Å². The summed E-state index contributed by atoms with van der Waals surface area (Å²) in [7, 11) is 0. The molecular formula is C26H30FNO. The molecule has 3 aromatic rings. The highest BCUT2D eigenvalue weighted by Gasteiger charge is 2.36. The number of aryl methyl sites for hydroxylation is 1. The van der Waals surface area contributed by atoms with Crippen molar-refractivity contribution < 1.29 is 9.50 Å². The highest BCUT2D eigenvalue weighted by molar-refractivity contribution is 5.85. The van der Waals surface area contributed by atoms with E-state index in [4.69, 9.17) is 0 Å². The molecule has 0 aliphatic carbocycles. The largest absolute Gasteiger partial charge is 0.371 e. The van der Waals surface area contributed by atoms with Crippen molar-refractivity contribution >= 4 is 10.8 Å². The van der Waals surface area contributed by atoms with Gasteiger partial charge in [-0.15, -0.1) is 0 Å². The Labute approximate surface area is 173 Å². The molecule has 1 N–H and O–H groups in total. The number of rotatable bonds is 7. The maximum atomic E-state index is 13.4. The van der Waals surface area contributed by atoms with E-state index in [1.54, 1.807) is 12.1 Å².